The molecule has 0 fully saturated rings. The van der Waals surface area contributed by atoms with E-state index in [9.17, 15) is 4.79 Å². The van der Waals surface area contributed by atoms with Gasteiger partial charge in [-0.15, -0.1) is 0 Å². The van der Waals surface area contributed by atoms with Crippen LogP contribution in [0.15, 0.2) is 24.3 Å². The Morgan fingerprint density at radius 1 is 1.11 bits per heavy atom. The Kier molecular flexibility index (Phi) is 5.90. The lowest BCUT2D eigenvalue weighted by molar-refractivity contribution is -0.138. The zero-order valence-electron chi connectivity index (χ0n) is 11.6. The number of carbonyl (C=O) groups is 1. The summed E-state index contributed by atoms with van der Waals surface area (Å²) in [4.78, 5) is 10.6. The molecule has 0 saturated carbocycles. The van der Waals surface area contributed by atoms with E-state index < -0.39 is 5.97 Å². The molecule has 100 valence electrons. The Labute approximate surface area is 110 Å². The fraction of sp³-hybridized carbons (Fsp3) is 0.562. The number of carboxylic acids is 1. The third-order valence-corrected chi connectivity index (χ3v) is 3.12. The molecule has 1 aromatic rings. The van der Waals surface area contributed by atoms with Crippen molar-refractivity contribution in [3.8, 4) is 0 Å². The summed E-state index contributed by atoms with van der Waals surface area (Å²) in [6.45, 7) is 6.45. The maximum atomic E-state index is 10.6. The zero-order valence-corrected chi connectivity index (χ0v) is 11.6. The number of hydrogen-bond acceptors (Lipinski definition) is 1. The minimum absolute atomic E-state index is 0.248. The SMILES string of the molecule is CC(C)Cc1ccc(CCC(C)CC(=O)O)cc1. The highest BCUT2D eigenvalue weighted by Crippen LogP contribution is 2.15. The molecule has 2 heteroatoms. The molecule has 0 heterocycles. The number of hydrogen-bond donors (Lipinski definition) is 1. The first-order valence-corrected chi connectivity index (χ1v) is 6.77. The van der Waals surface area contributed by atoms with Crippen molar-refractivity contribution in [3.05, 3.63) is 35.4 Å². The monoisotopic (exact) mass is 248 g/mol. The molecule has 0 saturated heterocycles. The van der Waals surface area contributed by atoms with Crippen LogP contribution in [-0.2, 0) is 17.6 Å². The van der Waals surface area contributed by atoms with Crippen LogP contribution in [0.2, 0.25) is 0 Å². The van der Waals surface area contributed by atoms with Crippen molar-refractivity contribution < 1.29 is 9.90 Å². The van der Waals surface area contributed by atoms with Gasteiger partial charge in [0.1, 0.15) is 0 Å². The first-order chi connectivity index (χ1) is 8.47. The van der Waals surface area contributed by atoms with E-state index in [0.717, 1.165) is 19.3 Å². The van der Waals surface area contributed by atoms with Gasteiger partial charge in [-0.3, -0.25) is 4.79 Å². The fourth-order valence-electron chi connectivity index (χ4n) is 2.13. The molecular formula is C16H24O2. The Hall–Kier alpha value is -1.31. The third kappa shape index (κ3) is 5.85. The second-order valence-electron chi connectivity index (χ2n) is 5.66. The smallest absolute Gasteiger partial charge is 0.303 e. The van der Waals surface area contributed by atoms with Gasteiger partial charge in [0.25, 0.3) is 0 Å². The van der Waals surface area contributed by atoms with E-state index in [2.05, 4.69) is 38.1 Å². The van der Waals surface area contributed by atoms with Gasteiger partial charge in [-0.1, -0.05) is 45.0 Å². The van der Waals surface area contributed by atoms with E-state index in [-0.39, 0.29) is 12.3 Å². The maximum Gasteiger partial charge on any atom is 0.303 e. The van der Waals surface area contributed by atoms with Crippen LogP contribution >= 0.6 is 0 Å². The van der Waals surface area contributed by atoms with Crippen LogP contribution < -0.4 is 0 Å². The molecule has 1 N–H and O–H groups in total. The first-order valence-electron chi connectivity index (χ1n) is 6.77. The summed E-state index contributed by atoms with van der Waals surface area (Å²) in [7, 11) is 0. The summed E-state index contributed by atoms with van der Waals surface area (Å²) >= 11 is 0. The first kappa shape index (κ1) is 14.7. The predicted octanol–water partition coefficient (Wildman–Crippen LogP) is 3.93. The summed E-state index contributed by atoms with van der Waals surface area (Å²) in [5.41, 5.74) is 2.69. The highest BCUT2D eigenvalue weighted by molar-refractivity contribution is 5.66. The summed E-state index contributed by atoms with van der Waals surface area (Å²) < 4.78 is 0. The number of aryl methyl sites for hydroxylation is 1. The molecule has 1 unspecified atom stereocenters. The lowest BCUT2D eigenvalue weighted by Crippen LogP contribution is -2.05. The standard InChI is InChI=1S/C16H24O2/c1-12(2)10-15-8-6-14(7-9-15)5-4-13(3)11-16(17)18/h6-9,12-13H,4-5,10-11H2,1-3H3,(H,17,18). The highest BCUT2D eigenvalue weighted by Gasteiger charge is 2.07. The maximum absolute atomic E-state index is 10.6. The highest BCUT2D eigenvalue weighted by atomic mass is 16.4. The van der Waals surface area contributed by atoms with Crippen molar-refractivity contribution in [1.29, 1.82) is 0 Å². The van der Waals surface area contributed by atoms with Crippen LogP contribution in [0, 0.1) is 11.8 Å². The van der Waals surface area contributed by atoms with Crippen LogP contribution in [-0.4, -0.2) is 11.1 Å². The number of aliphatic carboxylic acids is 1. The summed E-state index contributed by atoms with van der Waals surface area (Å²) in [5.74, 6) is 0.235. The number of rotatable bonds is 7. The van der Waals surface area contributed by atoms with Crippen molar-refractivity contribution in [3.63, 3.8) is 0 Å². The van der Waals surface area contributed by atoms with Gasteiger partial charge in [0.15, 0.2) is 0 Å². The van der Waals surface area contributed by atoms with Gasteiger partial charge in [-0.05, 0) is 42.2 Å². The topological polar surface area (TPSA) is 37.3 Å². The molecule has 0 aliphatic heterocycles. The average molecular weight is 248 g/mol. The molecule has 0 aromatic heterocycles. The van der Waals surface area contributed by atoms with Gasteiger partial charge in [-0.25, -0.2) is 0 Å². The van der Waals surface area contributed by atoms with Gasteiger partial charge >= 0.3 is 5.97 Å². The Balaban J connectivity index is 2.41. The summed E-state index contributed by atoms with van der Waals surface area (Å²) in [6, 6.07) is 8.73. The number of benzene rings is 1. The van der Waals surface area contributed by atoms with Crippen LogP contribution in [0.5, 0.6) is 0 Å². The lowest BCUT2D eigenvalue weighted by Gasteiger charge is -2.09. The normalized spacial score (nSPS) is 12.7. The summed E-state index contributed by atoms with van der Waals surface area (Å²) in [5, 5.41) is 8.70. The predicted molar refractivity (Wildman–Crippen MR) is 74.7 cm³/mol. The second kappa shape index (κ2) is 7.20. The minimum Gasteiger partial charge on any atom is -0.481 e. The van der Waals surface area contributed by atoms with Crippen molar-refractivity contribution in [2.75, 3.05) is 0 Å². The Morgan fingerprint density at radius 2 is 1.67 bits per heavy atom. The van der Waals surface area contributed by atoms with Gasteiger partial charge in [-0.2, -0.15) is 0 Å². The van der Waals surface area contributed by atoms with Crippen molar-refractivity contribution in [2.24, 2.45) is 11.8 Å². The molecule has 0 spiro atoms. The molecule has 0 bridgehead atoms. The fourth-order valence-corrected chi connectivity index (χ4v) is 2.13. The lowest BCUT2D eigenvalue weighted by atomic mass is 9.96. The van der Waals surface area contributed by atoms with Gasteiger partial charge < -0.3 is 5.11 Å². The Morgan fingerprint density at radius 3 is 2.17 bits per heavy atom. The summed E-state index contributed by atoms with van der Waals surface area (Å²) in [6.07, 6.45) is 3.30. The molecule has 1 atom stereocenters. The molecule has 1 rings (SSSR count). The molecular weight excluding hydrogens is 224 g/mol. The molecule has 1 aromatic carbocycles. The van der Waals surface area contributed by atoms with E-state index in [0.29, 0.717) is 5.92 Å². The van der Waals surface area contributed by atoms with Gasteiger partial charge in [0.2, 0.25) is 0 Å². The van der Waals surface area contributed by atoms with E-state index in [1.54, 1.807) is 0 Å². The van der Waals surface area contributed by atoms with Crippen LogP contribution in [0.4, 0.5) is 0 Å². The van der Waals surface area contributed by atoms with Crippen molar-refractivity contribution in [1.82, 2.24) is 0 Å². The molecule has 2 nitrogen and oxygen atoms in total. The van der Waals surface area contributed by atoms with Gasteiger partial charge in [0.05, 0.1) is 0 Å². The zero-order chi connectivity index (χ0) is 13.5. The van der Waals surface area contributed by atoms with Crippen LogP contribution in [0.25, 0.3) is 0 Å². The average Bonchev–Trinajstić information content (AvgIpc) is 2.26. The van der Waals surface area contributed by atoms with Crippen molar-refractivity contribution in [2.45, 2.75) is 46.5 Å². The van der Waals surface area contributed by atoms with Crippen LogP contribution in [0.1, 0.15) is 44.7 Å². The molecule has 0 radical (unpaired) electrons. The quantitative estimate of drug-likeness (QED) is 0.794. The van der Waals surface area contributed by atoms with Crippen LogP contribution in [0.3, 0.4) is 0 Å². The van der Waals surface area contributed by atoms with Crippen molar-refractivity contribution >= 4 is 5.97 Å². The van der Waals surface area contributed by atoms with E-state index in [1.807, 2.05) is 6.92 Å². The second-order valence-corrected chi connectivity index (χ2v) is 5.66. The molecule has 0 amide bonds. The minimum atomic E-state index is -0.699. The third-order valence-electron chi connectivity index (χ3n) is 3.12. The molecule has 18 heavy (non-hydrogen) atoms. The van der Waals surface area contributed by atoms with Gasteiger partial charge in [0, 0.05) is 6.42 Å². The molecule has 0 aliphatic carbocycles. The van der Waals surface area contributed by atoms with E-state index >= 15 is 0 Å². The number of carboxylic acid groups (broad SMARTS) is 1. The largest absolute Gasteiger partial charge is 0.481 e. The Bertz CT molecular complexity index is 365. The van der Waals surface area contributed by atoms with E-state index in [4.69, 9.17) is 5.11 Å². The molecule has 0 aliphatic rings. The van der Waals surface area contributed by atoms with E-state index in [1.165, 1.54) is 11.1 Å².